The molecule has 2 aromatic rings. The van der Waals surface area contributed by atoms with Gasteiger partial charge in [-0.2, -0.15) is 0 Å². The molecule has 3 rings (SSSR count). The monoisotopic (exact) mass is 254 g/mol. The van der Waals surface area contributed by atoms with Crippen LogP contribution in [0, 0.1) is 0 Å². The lowest BCUT2D eigenvalue weighted by molar-refractivity contribution is -0.136. The number of carbonyl (C=O) groups excluding carboxylic acids is 1. The third kappa shape index (κ3) is 1.83. The standard InChI is InChI=1S/C16H14O3/c17-11-16(13-7-2-1-3-8-13)15(18)10-12-6-4-5-9-14(12)19-16/h1-9,11,15,18H,10H2. The van der Waals surface area contributed by atoms with E-state index in [1.54, 1.807) is 12.1 Å². The molecule has 0 radical (unpaired) electrons. The second-order valence-electron chi connectivity index (χ2n) is 4.71. The Morgan fingerprint density at radius 3 is 2.53 bits per heavy atom. The minimum atomic E-state index is -1.31. The number of ether oxygens (including phenoxy) is 1. The zero-order chi connectivity index (χ0) is 13.3. The van der Waals surface area contributed by atoms with Crippen molar-refractivity contribution in [3.63, 3.8) is 0 Å². The molecule has 2 unspecified atom stereocenters. The third-order valence-electron chi connectivity index (χ3n) is 3.56. The maximum absolute atomic E-state index is 11.6. The first-order valence-electron chi connectivity index (χ1n) is 6.23. The van der Waals surface area contributed by atoms with Crippen LogP contribution in [-0.4, -0.2) is 17.5 Å². The number of aliphatic hydroxyl groups excluding tert-OH is 1. The summed E-state index contributed by atoms with van der Waals surface area (Å²) in [5, 5.41) is 10.4. The van der Waals surface area contributed by atoms with Crippen molar-refractivity contribution in [2.24, 2.45) is 0 Å². The number of para-hydroxylation sites is 1. The van der Waals surface area contributed by atoms with Gasteiger partial charge in [-0.05, 0) is 11.6 Å². The molecule has 3 heteroatoms. The van der Waals surface area contributed by atoms with Crippen LogP contribution in [0.2, 0.25) is 0 Å². The van der Waals surface area contributed by atoms with Gasteiger partial charge in [0, 0.05) is 12.0 Å². The fourth-order valence-corrected chi connectivity index (χ4v) is 2.50. The van der Waals surface area contributed by atoms with E-state index in [4.69, 9.17) is 4.74 Å². The predicted molar refractivity (Wildman–Crippen MR) is 71.0 cm³/mol. The van der Waals surface area contributed by atoms with E-state index in [9.17, 15) is 9.90 Å². The van der Waals surface area contributed by atoms with Crippen molar-refractivity contribution in [1.29, 1.82) is 0 Å². The summed E-state index contributed by atoms with van der Waals surface area (Å²) in [5.41, 5.74) is 0.283. The molecule has 0 saturated carbocycles. The SMILES string of the molecule is O=CC1(c2ccccc2)Oc2ccccc2CC1O. The number of rotatable bonds is 2. The Labute approximate surface area is 111 Å². The molecule has 0 aliphatic carbocycles. The van der Waals surface area contributed by atoms with Gasteiger partial charge in [0.25, 0.3) is 0 Å². The molecule has 0 saturated heterocycles. The Balaban J connectivity index is 2.11. The molecular formula is C16H14O3. The molecular weight excluding hydrogens is 240 g/mol. The fraction of sp³-hybridized carbons (Fsp3) is 0.188. The van der Waals surface area contributed by atoms with Gasteiger partial charge in [-0.15, -0.1) is 0 Å². The van der Waals surface area contributed by atoms with Crippen LogP contribution in [0.15, 0.2) is 54.6 Å². The van der Waals surface area contributed by atoms with Crippen LogP contribution in [0.4, 0.5) is 0 Å². The van der Waals surface area contributed by atoms with Crippen molar-refractivity contribution in [2.75, 3.05) is 0 Å². The molecule has 3 nitrogen and oxygen atoms in total. The van der Waals surface area contributed by atoms with Gasteiger partial charge in [-0.25, -0.2) is 0 Å². The van der Waals surface area contributed by atoms with Crippen LogP contribution in [0.1, 0.15) is 11.1 Å². The van der Waals surface area contributed by atoms with Crippen LogP contribution in [0.5, 0.6) is 5.75 Å². The van der Waals surface area contributed by atoms with E-state index >= 15 is 0 Å². The summed E-state index contributed by atoms with van der Waals surface area (Å²) < 4.78 is 5.85. The van der Waals surface area contributed by atoms with E-state index in [1.807, 2.05) is 42.5 Å². The van der Waals surface area contributed by atoms with Gasteiger partial charge in [0.15, 0.2) is 6.29 Å². The Kier molecular flexibility index (Phi) is 2.84. The summed E-state index contributed by atoms with van der Waals surface area (Å²) in [5.74, 6) is 0.656. The van der Waals surface area contributed by atoms with E-state index in [0.29, 0.717) is 24.0 Å². The Morgan fingerprint density at radius 2 is 1.79 bits per heavy atom. The summed E-state index contributed by atoms with van der Waals surface area (Å²) in [7, 11) is 0. The second-order valence-corrected chi connectivity index (χ2v) is 4.71. The van der Waals surface area contributed by atoms with Gasteiger partial charge >= 0.3 is 0 Å². The third-order valence-corrected chi connectivity index (χ3v) is 3.56. The van der Waals surface area contributed by atoms with E-state index < -0.39 is 11.7 Å². The van der Waals surface area contributed by atoms with Crippen LogP contribution >= 0.6 is 0 Å². The van der Waals surface area contributed by atoms with E-state index in [2.05, 4.69) is 0 Å². The zero-order valence-corrected chi connectivity index (χ0v) is 10.3. The number of aliphatic hydroxyl groups is 1. The molecule has 0 bridgehead atoms. The molecule has 1 aliphatic heterocycles. The molecule has 2 aromatic carbocycles. The van der Waals surface area contributed by atoms with Crippen LogP contribution < -0.4 is 4.74 Å². The van der Waals surface area contributed by atoms with Gasteiger partial charge in [0.05, 0.1) is 0 Å². The summed E-state index contributed by atoms with van der Waals surface area (Å²) in [4.78, 5) is 11.6. The molecule has 0 fully saturated rings. The molecule has 0 amide bonds. The minimum Gasteiger partial charge on any atom is -0.472 e. The Morgan fingerprint density at radius 1 is 1.11 bits per heavy atom. The number of fused-ring (bicyclic) bond motifs is 1. The first-order valence-corrected chi connectivity index (χ1v) is 6.23. The highest BCUT2D eigenvalue weighted by molar-refractivity contribution is 5.69. The Hall–Kier alpha value is -2.13. The molecule has 1 aliphatic rings. The van der Waals surface area contributed by atoms with Gasteiger partial charge < -0.3 is 9.84 Å². The maximum atomic E-state index is 11.6. The molecule has 19 heavy (non-hydrogen) atoms. The molecule has 1 N–H and O–H groups in total. The van der Waals surface area contributed by atoms with Gasteiger partial charge in [0.1, 0.15) is 11.9 Å². The fourth-order valence-electron chi connectivity index (χ4n) is 2.50. The van der Waals surface area contributed by atoms with E-state index in [0.717, 1.165) is 5.56 Å². The highest BCUT2D eigenvalue weighted by Gasteiger charge is 2.45. The van der Waals surface area contributed by atoms with Gasteiger partial charge in [0.2, 0.25) is 5.60 Å². The van der Waals surface area contributed by atoms with Gasteiger partial charge in [-0.3, -0.25) is 4.79 Å². The lowest BCUT2D eigenvalue weighted by atomic mass is 9.83. The Bertz CT molecular complexity index is 594. The minimum absolute atomic E-state index is 0.407. The van der Waals surface area contributed by atoms with E-state index in [-0.39, 0.29) is 0 Å². The maximum Gasteiger partial charge on any atom is 0.214 e. The molecule has 96 valence electrons. The molecule has 2 atom stereocenters. The van der Waals surface area contributed by atoms with Crippen molar-refractivity contribution in [3.8, 4) is 5.75 Å². The van der Waals surface area contributed by atoms with E-state index in [1.165, 1.54) is 0 Å². The highest BCUT2D eigenvalue weighted by atomic mass is 16.5. The lowest BCUT2D eigenvalue weighted by Gasteiger charge is -2.38. The normalized spacial score (nSPS) is 25.2. The smallest absolute Gasteiger partial charge is 0.214 e. The average molecular weight is 254 g/mol. The zero-order valence-electron chi connectivity index (χ0n) is 10.3. The summed E-state index contributed by atoms with van der Waals surface area (Å²) in [6.07, 6.45) is 0.217. The molecule has 1 heterocycles. The summed E-state index contributed by atoms with van der Waals surface area (Å²) >= 11 is 0. The van der Waals surface area contributed by atoms with Crippen molar-refractivity contribution in [1.82, 2.24) is 0 Å². The molecule has 0 spiro atoms. The molecule has 0 aromatic heterocycles. The number of aldehydes is 1. The van der Waals surface area contributed by atoms with Crippen molar-refractivity contribution in [2.45, 2.75) is 18.1 Å². The number of carbonyl (C=O) groups is 1. The topological polar surface area (TPSA) is 46.5 Å². The van der Waals surface area contributed by atoms with Crippen molar-refractivity contribution < 1.29 is 14.6 Å². The van der Waals surface area contributed by atoms with Gasteiger partial charge in [-0.1, -0.05) is 48.5 Å². The predicted octanol–water partition coefficient (Wildman–Crippen LogP) is 2.08. The van der Waals surface area contributed by atoms with Crippen molar-refractivity contribution in [3.05, 3.63) is 65.7 Å². The van der Waals surface area contributed by atoms with Crippen LogP contribution in [-0.2, 0) is 16.8 Å². The quantitative estimate of drug-likeness (QED) is 0.835. The number of hydrogen-bond acceptors (Lipinski definition) is 3. The highest BCUT2D eigenvalue weighted by Crippen LogP contribution is 2.38. The second kappa shape index (κ2) is 4.52. The number of benzene rings is 2. The van der Waals surface area contributed by atoms with Crippen LogP contribution in [0.3, 0.4) is 0 Å². The van der Waals surface area contributed by atoms with Crippen molar-refractivity contribution >= 4 is 6.29 Å². The summed E-state index contributed by atoms with van der Waals surface area (Å²) in [6.45, 7) is 0. The summed E-state index contributed by atoms with van der Waals surface area (Å²) in [6, 6.07) is 16.6. The van der Waals surface area contributed by atoms with Crippen LogP contribution in [0.25, 0.3) is 0 Å². The number of hydrogen-bond donors (Lipinski definition) is 1. The average Bonchev–Trinajstić information content (AvgIpc) is 2.47. The first-order chi connectivity index (χ1) is 9.26. The largest absolute Gasteiger partial charge is 0.472 e. The lowest BCUT2D eigenvalue weighted by Crippen LogP contribution is -2.50. The first kappa shape index (κ1) is 11.9.